The normalized spacial score (nSPS) is 14.5. The van der Waals surface area contributed by atoms with E-state index in [0.29, 0.717) is 6.42 Å². The van der Waals surface area contributed by atoms with Crippen LogP contribution in [0.15, 0.2) is 0 Å². The van der Waals surface area contributed by atoms with Gasteiger partial charge in [0.15, 0.2) is 0 Å². The molecular weight excluding hydrogens is 99.5 g/mol. The average Bonchev–Trinajstić information content (AvgIpc) is 1.35. The van der Waals surface area contributed by atoms with Crippen LogP contribution < -0.4 is 0 Å². The molecule has 0 bridgehead atoms. The van der Waals surface area contributed by atoms with Gasteiger partial charge in [-0.25, -0.2) is 0 Å². The standard InChI is InChI=1S/C4H9ClO/c1-2-3-4(5)6/h4,6H,2-3H2,1H3/t4-/m0/s1. The van der Waals surface area contributed by atoms with Crippen LogP contribution in [0.1, 0.15) is 19.8 Å². The van der Waals surface area contributed by atoms with E-state index in [9.17, 15) is 0 Å². The van der Waals surface area contributed by atoms with Crippen molar-refractivity contribution < 1.29 is 5.11 Å². The lowest BCUT2D eigenvalue weighted by molar-refractivity contribution is 0.244. The van der Waals surface area contributed by atoms with Crippen LogP contribution in [0.4, 0.5) is 0 Å². The third kappa shape index (κ3) is 4.25. The molecule has 0 aliphatic rings. The summed E-state index contributed by atoms with van der Waals surface area (Å²) in [4.78, 5) is 0. The number of aliphatic hydroxyl groups excluding tert-OH is 1. The molecule has 0 rings (SSSR count). The van der Waals surface area contributed by atoms with Crippen molar-refractivity contribution in [1.82, 2.24) is 0 Å². The van der Waals surface area contributed by atoms with Gasteiger partial charge in [0.2, 0.25) is 0 Å². The summed E-state index contributed by atoms with van der Waals surface area (Å²) >= 11 is 5.13. The van der Waals surface area contributed by atoms with E-state index in [2.05, 4.69) is 0 Å². The van der Waals surface area contributed by atoms with Crippen molar-refractivity contribution in [2.45, 2.75) is 25.3 Å². The monoisotopic (exact) mass is 108 g/mol. The molecule has 0 aromatic carbocycles. The van der Waals surface area contributed by atoms with Crippen LogP contribution in [0, 0.1) is 0 Å². The van der Waals surface area contributed by atoms with Crippen LogP contribution in [0.3, 0.4) is 0 Å². The smallest absolute Gasteiger partial charge is 0.128 e. The number of halogens is 1. The maximum absolute atomic E-state index is 8.32. The minimum atomic E-state index is -0.630. The number of hydrogen-bond acceptors (Lipinski definition) is 1. The summed E-state index contributed by atoms with van der Waals surface area (Å²) < 4.78 is 0. The summed E-state index contributed by atoms with van der Waals surface area (Å²) in [6.07, 6.45) is 1.65. The van der Waals surface area contributed by atoms with Crippen molar-refractivity contribution in [3.63, 3.8) is 0 Å². The minimum Gasteiger partial charge on any atom is -0.378 e. The molecule has 1 nitrogen and oxygen atoms in total. The Morgan fingerprint density at radius 3 is 2.33 bits per heavy atom. The number of alkyl halides is 1. The quantitative estimate of drug-likeness (QED) is 0.530. The van der Waals surface area contributed by atoms with Gasteiger partial charge in [-0.3, -0.25) is 0 Å². The van der Waals surface area contributed by atoms with Gasteiger partial charge in [0, 0.05) is 0 Å². The molecule has 0 fully saturated rings. The Labute approximate surface area is 42.9 Å². The molecule has 1 atom stereocenters. The molecule has 1 N–H and O–H groups in total. The lowest BCUT2D eigenvalue weighted by Gasteiger charge is -1.92. The zero-order valence-corrected chi connectivity index (χ0v) is 4.57. The fourth-order valence-electron chi connectivity index (χ4n) is 0.238. The first-order valence-corrected chi connectivity index (χ1v) is 2.53. The second kappa shape index (κ2) is 3.44. The third-order valence-electron chi connectivity index (χ3n) is 0.527. The molecule has 0 amide bonds. The number of hydrogen-bond donors (Lipinski definition) is 1. The third-order valence-corrected chi connectivity index (χ3v) is 0.745. The summed E-state index contributed by atoms with van der Waals surface area (Å²) in [7, 11) is 0. The van der Waals surface area contributed by atoms with Gasteiger partial charge in [0.05, 0.1) is 0 Å². The lowest BCUT2D eigenvalue weighted by atomic mass is 10.4. The molecule has 2 heteroatoms. The van der Waals surface area contributed by atoms with Crippen molar-refractivity contribution in [1.29, 1.82) is 0 Å². The minimum absolute atomic E-state index is 0.630. The maximum Gasteiger partial charge on any atom is 0.128 e. The number of aliphatic hydroxyl groups is 1. The van der Waals surface area contributed by atoms with E-state index in [4.69, 9.17) is 16.7 Å². The average molecular weight is 109 g/mol. The molecule has 0 aromatic heterocycles. The van der Waals surface area contributed by atoms with Crippen LogP contribution in [-0.2, 0) is 0 Å². The molecule has 0 heterocycles. The Morgan fingerprint density at radius 2 is 2.33 bits per heavy atom. The van der Waals surface area contributed by atoms with Crippen LogP contribution >= 0.6 is 11.6 Å². The van der Waals surface area contributed by atoms with Gasteiger partial charge >= 0.3 is 0 Å². The highest BCUT2D eigenvalue weighted by Gasteiger charge is 1.90. The predicted molar refractivity (Wildman–Crippen MR) is 26.8 cm³/mol. The first-order valence-electron chi connectivity index (χ1n) is 2.09. The fourth-order valence-corrected chi connectivity index (χ4v) is 0.456. The Kier molecular flexibility index (Phi) is 3.58. The summed E-state index contributed by atoms with van der Waals surface area (Å²) in [6, 6.07) is 0. The summed E-state index contributed by atoms with van der Waals surface area (Å²) in [5.41, 5.74) is -0.630. The van der Waals surface area contributed by atoms with E-state index < -0.39 is 5.56 Å². The van der Waals surface area contributed by atoms with Crippen LogP contribution in [0.25, 0.3) is 0 Å². The lowest BCUT2D eigenvalue weighted by Crippen LogP contribution is -1.91. The van der Waals surface area contributed by atoms with E-state index in [-0.39, 0.29) is 0 Å². The topological polar surface area (TPSA) is 20.2 Å². The summed E-state index contributed by atoms with van der Waals surface area (Å²) in [6.45, 7) is 1.98. The van der Waals surface area contributed by atoms with Gasteiger partial charge in [-0.1, -0.05) is 24.9 Å². The van der Waals surface area contributed by atoms with E-state index in [1.54, 1.807) is 0 Å². The fraction of sp³-hybridized carbons (Fsp3) is 1.00. The molecule has 0 radical (unpaired) electrons. The van der Waals surface area contributed by atoms with Crippen LogP contribution in [-0.4, -0.2) is 10.7 Å². The van der Waals surface area contributed by atoms with E-state index in [0.717, 1.165) is 6.42 Å². The second-order valence-corrected chi connectivity index (χ2v) is 1.73. The Hall–Kier alpha value is 0.250. The molecule has 0 aliphatic carbocycles. The molecule has 38 valence electrons. The molecular formula is C4H9ClO. The maximum atomic E-state index is 8.32. The zero-order chi connectivity index (χ0) is 4.99. The summed E-state index contributed by atoms with van der Waals surface area (Å²) in [5.74, 6) is 0. The van der Waals surface area contributed by atoms with Crippen molar-refractivity contribution in [3.8, 4) is 0 Å². The van der Waals surface area contributed by atoms with Gasteiger partial charge in [-0.2, -0.15) is 0 Å². The van der Waals surface area contributed by atoms with Gasteiger partial charge in [-0.15, -0.1) is 0 Å². The van der Waals surface area contributed by atoms with Gasteiger partial charge in [0.25, 0.3) is 0 Å². The molecule has 0 saturated heterocycles. The Morgan fingerprint density at radius 1 is 1.83 bits per heavy atom. The Balaban J connectivity index is 2.63. The zero-order valence-electron chi connectivity index (χ0n) is 3.82. The van der Waals surface area contributed by atoms with Crippen molar-refractivity contribution >= 4 is 11.6 Å². The molecule has 0 unspecified atom stereocenters. The van der Waals surface area contributed by atoms with Crippen LogP contribution in [0.2, 0.25) is 0 Å². The number of rotatable bonds is 2. The van der Waals surface area contributed by atoms with Crippen molar-refractivity contribution in [2.75, 3.05) is 0 Å². The SMILES string of the molecule is CCC[C@H](O)Cl. The van der Waals surface area contributed by atoms with Crippen molar-refractivity contribution in [3.05, 3.63) is 0 Å². The molecule has 0 saturated carbocycles. The van der Waals surface area contributed by atoms with E-state index in [1.807, 2.05) is 6.92 Å². The molecule has 0 aromatic rings. The predicted octanol–water partition coefficient (Wildman–Crippen LogP) is 1.34. The molecule has 0 aliphatic heterocycles. The van der Waals surface area contributed by atoms with E-state index in [1.165, 1.54) is 0 Å². The van der Waals surface area contributed by atoms with Crippen LogP contribution in [0.5, 0.6) is 0 Å². The van der Waals surface area contributed by atoms with Gasteiger partial charge < -0.3 is 5.11 Å². The molecule has 0 spiro atoms. The highest BCUT2D eigenvalue weighted by Crippen LogP contribution is 1.97. The first-order chi connectivity index (χ1) is 2.77. The Bertz CT molecular complexity index is 28.7. The largest absolute Gasteiger partial charge is 0.378 e. The first kappa shape index (κ1) is 6.25. The second-order valence-electron chi connectivity index (χ2n) is 1.22. The van der Waals surface area contributed by atoms with Crippen molar-refractivity contribution in [2.24, 2.45) is 0 Å². The van der Waals surface area contributed by atoms with Gasteiger partial charge in [-0.05, 0) is 6.42 Å². The van der Waals surface area contributed by atoms with Gasteiger partial charge in [0.1, 0.15) is 5.56 Å². The summed E-state index contributed by atoms with van der Waals surface area (Å²) in [5, 5.41) is 8.32. The van der Waals surface area contributed by atoms with E-state index >= 15 is 0 Å². The molecule has 6 heavy (non-hydrogen) atoms. The highest BCUT2D eigenvalue weighted by atomic mass is 35.5. The highest BCUT2D eigenvalue weighted by molar-refractivity contribution is 6.19.